The molecule has 0 bridgehead atoms. The molecule has 0 saturated heterocycles. The van der Waals surface area contributed by atoms with Gasteiger partial charge in [-0.3, -0.25) is 4.99 Å². The Kier molecular flexibility index (Phi) is 9.02. The van der Waals surface area contributed by atoms with E-state index in [-0.39, 0.29) is 17.0 Å². The van der Waals surface area contributed by atoms with E-state index in [9.17, 15) is 12.8 Å². The Balaban J connectivity index is 2.58. The zero-order valence-electron chi connectivity index (χ0n) is 17.0. The molecule has 0 saturated carbocycles. The van der Waals surface area contributed by atoms with Crippen molar-refractivity contribution in [3.8, 4) is 5.75 Å². The molecule has 0 atom stereocenters. The zero-order chi connectivity index (χ0) is 20.5. The van der Waals surface area contributed by atoms with Gasteiger partial charge in [0.15, 0.2) is 5.96 Å². The first-order valence-electron chi connectivity index (χ1n) is 9.08. The third kappa shape index (κ3) is 10.2. The largest absolute Gasteiger partial charge is 0.492 e. The van der Waals surface area contributed by atoms with Gasteiger partial charge in [0.05, 0.1) is 12.3 Å². The summed E-state index contributed by atoms with van der Waals surface area (Å²) in [6.07, 6.45) is 1.82. The van der Waals surface area contributed by atoms with Crippen LogP contribution in [-0.4, -0.2) is 64.6 Å². The van der Waals surface area contributed by atoms with E-state index < -0.39 is 9.84 Å². The molecule has 6 nitrogen and oxygen atoms in total. The highest BCUT2D eigenvalue weighted by Crippen LogP contribution is 2.21. The van der Waals surface area contributed by atoms with Crippen LogP contribution in [0.4, 0.5) is 4.39 Å². The van der Waals surface area contributed by atoms with Crippen LogP contribution in [0.3, 0.4) is 0 Å². The number of ether oxygens (including phenoxy) is 1. The second-order valence-corrected chi connectivity index (χ2v) is 9.70. The fraction of sp³-hybridized carbons (Fsp3) is 0.632. The van der Waals surface area contributed by atoms with Crippen LogP contribution in [0.2, 0.25) is 0 Å². The average molecular weight is 402 g/mol. The summed E-state index contributed by atoms with van der Waals surface area (Å²) in [6, 6.07) is 5.92. The Bertz CT molecular complexity index is 703. The average Bonchev–Trinajstić information content (AvgIpc) is 2.58. The van der Waals surface area contributed by atoms with E-state index >= 15 is 0 Å². The number of halogens is 1. The third-order valence-corrected chi connectivity index (χ3v) is 4.96. The van der Waals surface area contributed by atoms with E-state index in [1.54, 1.807) is 12.1 Å². The van der Waals surface area contributed by atoms with Gasteiger partial charge in [-0.15, -0.1) is 0 Å². The summed E-state index contributed by atoms with van der Waals surface area (Å²) in [5, 5.41) is 3.24. The van der Waals surface area contributed by atoms with Crippen molar-refractivity contribution in [3.05, 3.63) is 30.1 Å². The maximum Gasteiger partial charge on any atom is 0.193 e. The van der Waals surface area contributed by atoms with Gasteiger partial charge in [-0.2, -0.15) is 0 Å². The molecule has 8 heteroatoms. The van der Waals surface area contributed by atoms with Crippen molar-refractivity contribution in [1.29, 1.82) is 0 Å². The second-order valence-electron chi connectivity index (χ2n) is 7.44. The van der Waals surface area contributed by atoms with Crippen LogP contribution in [0.1, 0.15) is 27.2 Å². The Labute approximate surface area is 162 Å². The van der Waals surface area contributed by atoms with Crippen molar-refractivity contribution < 1.29 is 17.5 Å². The summed E-state index contributed by atoms with van der Waals surface area (Å²) in [7, 11) is -1.06. The first-order chi connectivity index (χ1) is 12.5. The molecule has 1 N–H and O–H groups in total. The summed E-state index contributed by atoms with van der Waals surface area (Å²) < 4.78 is 41.3. The van der Waals surface area contributed by atoms with E-state index in [0.717, 1.165) is 12.5 Å². The number of likely N-dealkylation sites (N-methyl/N-ethyl adjacent to an activating group) is 1. The van der Waals surface area contributed by atoms with Crippen LogP contribution in [0.15, 0.2) is 29.3 Å². The molecule has 0 amide bonds. The van der Waals surface area contributed by atoms with Gasteiger partial charge in [0.2, 0.25) is 0 Å². The lowest BCUT2D eigenvalue weighted by Crippen LogP contribution is -2.41. The van der Waals surface area contributed by atoms with Crippen molar-refractivity contribution >= 4 is 15.8 Å². The lowest BCUT2D eigenvalue weighted by atomic mass is 9.90. The van der Waals surface area contributed by atoms with Crippen LogP contribution in [0.5, 0.6) is 5.75 Å². The molecule has 154 valence electrons. The van der Waals surface area contributed by atoms with Gasteiger partial charge in [0.25, 0.3) is 0 Å². The van der Waals surface area contributed by atoms with Crippen molar-refractivity contribution in [2.45, 2.75) is 27.2 Å². The molecule has 0 aliphatic carbocycles. The van der Waals surface area contributed by atoms with E-state index in [0.29, 0.717) is 31.9 Å². The summed E-state index contributed by atoms with van der Waals surface area (Å²) in [4.78, 5) is 6.61. The number of aliphatic imine (C=N–C) groups is 1. The molecule has 0 radical (unpaired) electrons. The fourth-order valence-electron chi connectivity index (χ4n) is 2.24. The fourth-order valence-corrected chi connectivity index (χ4v) is 3.16. The standard InChI is InChI=1S/C19H32FN3O3S/c1-6-21-18(22-15-19(2,3)11-14-27(5,24)25)23(4)12-13-26-17-9-7-16(20)8-10-17/h7-10H,6,11-15H2,1-5H3,(H,21,22). The van der Waals surface area contributed by atoms with Gasteiger partial charge in [0, 0.05) is 26.4 Å². The molecular weight excluding hydrogens is 369 g/mol. The highest BCUT2D eigenvalue weighted by atomic mass is 32.2. The van der Waals surface area contributed by atoms with E-state index in [4.69, 9.17) is 4.74 Å². The molecule has 0 spiro atoms. The van der Waals surface area contributed by atoms with Gasteiger partial charge in [-0.1, -0.05) is 13.8 Å². The number of guanidine groups is 1. The minimum atomic E-state index is -2.98. The Hall–Kier alpha value is -1.83. The minimum absolute atomic E-state index is 0.160. The predicted octanol–water partition coefficient (Wildman–Crippen LogP) is 2.56. The summed E-state index contributed by atoms with van der Waals surface area (Å²) in [5.74, 6) is 1.23. The lowest BCUT2D eigenvalue weighted by molar-refractivity contribution is 0.280. The molecule has 0 aliphatic heterocycles. The topological polar surface area (TPSA) is 71.0 Å². The molecule has 27 heavy (non-hydrogen) atoms. The zero-order valence-corrected chi connectivity index (χ0v) is 17.8. The maximum absolute atomic E-state index is 12.9. The number of nitrogens with zero attached hydrogens (tertiary/aromatic N) is 2. The lowest BCUT2D eigenvalue weighted by Gasteiger charge is -2.26. The highest BCUT2D eigenvalue weighted by Gasteiger charge is 2.20. The molecule has 1 aromatic carbocycles. The summed E-state index contributed by atoms with van der Waals surface area (Å²) >= 11 is 0. The Morgan fingerprint density at radius 2 is 1.93 bits per heavy atom. The van der Waals surface area contributed by atoms with Crippen molar-refractivity contribution in [1.82, 2.24) is 10.2 Å². The maximum atomic E-state index is 12.9. The molecule has 0 aromatic heterocycles. The van der Waals surface area contributed by atoms with Crippen molar-refractivity contribution in [2.24, 2.45) is 10.4 Å². The van der Waals surface area contributed by atoms with Gasteiger partial charge in [-0.25, -0.2) is 12.8 Å². The van der Waals surface area contributed by atoms with Crippen LogP contribution in [0.25, 0.3) is 0 Å². The van der Waals surface area contributed by atoms with Crippen LogP contribution in [-0.2, 0) is 9.84 Å². The molecule has 1 rings (SSSR count). The van der Waals surface area contributed by atoms with E-state index in [1.807, 2.05) is 32.7 Å². The van der Waals surface area contributed by atoms with Crippen molar-refractivity contribution in [2.75, 3.05) is 45.3 Å². The molecular formula is C19H32FN3O3S. The number of rotatable bonds is 10. The second kappa shape index (κ2) is 10.5. The molecule has 0 fully saturated rings. The molecule has 0 unspecified atom stereocenters. The predicted molar refractivity (Wildman–Crippen MR) is 109 cm³/mol. The van der Waals surface area contributed by atoms with Gasteiger partial charge in [0.1, 0.15) is 28.0 Å². The number of hydrogen-bond donors (Lipinski definition) is 1. The first-order valence-corrected chi connectivity index (χ1v) is 11.1. The monoisotopic (exact) mass is 401 g/mol. The van der Waals surface area contributed by atoms with Crippen LogP contribution < -0.4 is 10.1 Å². The third-order valence-electron chi connectivity index (χ3n) is 4.01. The molecule has 1 aromatic rings. The molecule has 0 aliphatic rings. The number of sulfone groups is 1. The summed E-state index contributed by atoms with van der Waals surface area (Å²) in [6.45, 7) is 8.32. The number of benzene rings is 1. The quantitative estimate of drug-likeness (QED) is 0.482. The van der Waals surface area contributed by atoms with Crippen LogP contribution in [0, 0.1) is 11.2 Å². The van der Waals surface area contributed by atoms with Crippen molar-refractivity contribution in [3.63, 3.8) is 0 Å². The first kappa shape index (κ1) is 23.2. The minimum Gasteiger partial charge on any atom is -0.492 e. The Morgan fingerprint density at radius 1 is 1.30 bits per heavy atom. The smallest absolute Gasteiger partial charge is 0.193 e. The number of nitrogens with one attached hydrogen (secondary N) is 1. The molecule has 0 heterocycles. The van der Waals surface area contributed by atoms with E-state index in [1.165, 1.54) is 18.4 Å². The van der Waals surface area contributed by atoms with Crippen LogP contribution >= 0.6 is 0 Å². The SMILES string of the molecule is CCNC(=NCC(C)(C)CCS(C)(=O)=O)N(C)CCOc1ccc(F)cc1. The number of hydrogen-bond acceptors (Lipinski definition) is 4. The van der Waals surface area contributed by atoms with Gasteiger partial charge in [-0.05, 0) is 43.0 Å². The summed E-state index contributed by atoms with van der Waals surface area (Å²) in [5.41, 5.74) is -0.213. The van der Waals surface area contributed by atoms with Gasteiger partial charge >= 0.3 is 0 Å². The van der Waals surface area contributed by atoms with E-state index in [2.05, 4.69) is 10.3 Å². The highest BCUT2D eigenvalue weighted by molar-refractivity contribution is 7.90. The Morgan fingerprint density at radius 3 is 2.48 bits per heavy atom. The van der Waals surface area contributed by atoms with Gasteiger partial charge < -0.3 is 15.0 Å². The normalized spacial score (nSPS) is 12.7.